The smallest absolute Gasteiger partial charge is 0.119 e. The van der Waals surface area contributed by atoms with Crippen LogP contribution < -0.4 is 4.74 Å². The zero-order valence-electron chi connectivity index (χ0n) is 11.4. The van der Waals surface area contributed by atoms with Gasteiger partial charge in [0, 0.05) is 6.04 Å². The predicted octanol–water partition coefficient (Wildman–Crippen LogP) is 3.20. The standard InChI is InChI=1S/C15H23NO/c1-11(2)15-9-14(6-5-12(15)3)17-10-13-7-8-16(13)4/h5-6,9,11,13H,7-8,10H2,1-4H3/t13-/m1/s1. The molecule has 1 aliphatic rings. The molecular formula is C15H23NO. The van der Waals surface area contributed by atoms with Gasteiger partial charge >= 0.3 is 0 Å². The summed E-state index contributed by atoms with van der Waals surface area (Å²) in [5, 5.41) is 0. The zero-order valence-corrected chi connectivity index (χ0v) is 11.4. The largest absolute Gasteiger partial charge is 0.492 e. The van der Waals surface area contributed by atoms with E-state index >= 15 is 0 Å². The van der Waals surface area contributed by atoms with Crippen LogP contribution in [0.4, 0.5) is 0 Å². The Morgan fingerprint density at radius 1 is 1.41 bits per heavy atom. The highest BCUT2D eigenvalue weighted by molar-refractivity contribution is 5.36. The van der Waals surface area contributed by atoms with E-state index in [0.717, 1.165) is 12.4 Å². The summed E-state index contributed by atoms with van der Waals surface area (Å²) in [5.41, 5.74) is 2.75. The Bertz CT molecular complexity index is 387. The molecule has 17 heavy (non-hydrogen) atoms. The van der Waals surface area contributed by atoms with Crippen LogP contribution in [0.2, 0.25) is 0 Å². The number of likely N-dealkylation sites (N-methyl/N-ethyl adjacent to an activating group) is 1. The average Bonchev–Trinajstić information content (AvgIpc) is 2.29. The molecule has 0 bridgehead atoms. The lowest BCUT2D eigenvalue weighted by atomic mass is 9.98. The van der Waals surface area contributed by atoms with Crippen LogP contribution in [0.25, 0.3) is 0 Å². The molecule has 1 heterocycles. The Kier molecular flexibility index (Phi) is 3.72. The lowest BCUT2D eigenvalue weighted by Crippen LogP contribution is -2.48. The van der Waals surface area contributed by atoms with Gasteiger partial charge in [-0.1, -0.05) is 19.9 Å². The van der Waals surface area contributed by atoms with E-state index in [1.54, 1.807) is 0 Å². The van der Waals surface area contributed by atoms with Crippen LogP contribution in [0.3, 0.4) is 0 Å². The summed E-state index contributed by atoms with van der Waals surface area (Å²) in [6.07, 6.45) is 1.26. The first-order chi connectivity index (χ1) is 8.08. The summed E-state index contributed by atoms with van der Waals surface area (Å²) in [6.45, 7) is 8.65. The second kappa shape index (κ2) is 5.09. The first-order valence-corrected chi connectivity index (χ1v) is 6.51. The van der Waals surface area contributed by atoms with Crippen LogP contribution in [0.15, 0.2) is 18.2 Å². The van der Waals surface area contributed by atoms with Gasteiger partial charge in [0.2, 0.25) is 0 Å². The topological polar surface area (TPSA) is 12.5 Å². The third-order valence-corrected chi connectivity index (χ3v) is 3.75. The molecule has 1 aromatic carbocycles. The van der Waals surface area contributed by atoms with Crippen LogP contribution in [0.1, 0.15) is 37.3 Å². The second-order valence-electron chi connectivity index (χ2n) is 5.41. The van der Waals surface area contributed by atoms with Crippen molar-refractivity contribution in [2.24, 2.45) is 0 Å². The molecule has 2 heteroatoms. The Morgan fingerprint density at radius 2 is 2.18 bits per heavy atom. The fourth-order valence-electron chi connectivity index (χ4n) is 2.30. The number of aryl methyl sites for hydroxylation is 1. The van der Waals surface area contributed by atoms with Gasteiger partial charge in [0.05, 0.1) is 0 Å². The number of hydrogen-bond acceptors (Lipinski definition) is 2. The highest BCUT2D eigenvalue weighted by Crippen LogP contribution is 2.25. The van der Waals surface area contributed by atoms with E-state index in [9.17, 15) is 0 Å². The van der Waals surface area contributed by atoms with Crippen molar-refractivity contribution in [3.63, 3.8) is 0 Å². The summed E-state index contributed by atoms with van der Waals surface area (Å²) < 4.78 is 5.88. The summed E-state index contributed by atoms with van der Waals surface area (Å²) in [6, 6.07) is 7.05. The van der Waals surface area contributed by atoms with Crippen molar-refractivity contribution in [2.75, 3.05) is 20.2 Å². The Morgan fingerprint density at radius 3 is 2.71 bits per heavy atom. The van der Waals surface area contributed by atoms with E-state index in [1.807, 2.05) is 0 Å². The molecule has 0 unspecified atom stereocenters. The minimum atomic E-state index is 0.560. The van der Waals surface area contributed by atoms with Crippen molar-refractivity contribution in [2.45, 2.75) is 39.2 Å². The molecule has 0 aliphatic carbocycles. The van der Waals surface area contributed by atoms with Crippen molar-refractivity contribution >= 4 is 0 Å². The van der Waals surface area contributed by atoms with Gasteiger partial charge in [-0.05, 0) is 56.1 Å². The maximum atomic E-state index is 5.88. The van der Waals surface area contributed by atoms with E-state index in [2.05, 4.69) is 50.9 Å². The third-order valence-electron chi connectivity index (χ3n) is 3.75. The molecule has 0 radical (unpaired) electrons. The van der Waals surface area contributed by atoms with E-state index in [-0.39, 0.29) is 0 Å². The normalized spacial score (nSPS) is 20.4. The number of ether oxygens (including phenoxy) is 1. The minimum Gasteiger partial charge on any atom is -0.492 e. The molecule has 2 nitrogen and oxygen atoms in total. The van der Waals surface area contributed by atoms with Gasteiger partial charge in [0.25, 0.3) is 0 Å². The highest BCUT2D eigenvalue weighted by atomic mass is 16.5. The molecule has 0 N–H and O–H groups in total. The van der Waals surface area contributed by atoms with Gasteiger partial charge in [-0.15, -0.1) is 0 Å². The third kappa shape index (κ3) is 2.81. The number of nitrogens with zero attached hydrogens (tertiary/aromatic N) is 1. The highest BCUT2D eigenvalue weighted by Gasteiger charge is 2.24. The monoisotopic (exact) mass is 233 g/mol. The number of hydrogen-bond donors (Lipinski definition) is 0. The maximum absolute atomic E-state index is 5.88. The number of likely N-dealkylation sites (tertiary alicyclic amines) is 1. The maximum Gasteiger partial charge on any atom is 0.119 e. The van der Waals surface area contributed by atoms with Crippen LogP contribution in [0, 0.1) is 6.92 Å². The van der Waals surface area contributed by atoms with Crippen LogP contribution in [0.5, 0.6) is 5.75 Å². The van der Waals surface area contributed by atoms with Gasteiger partial charge < -0.3 is 4.74 Å². The van der Waals surface area contributed by atoms with Crippen molar-refractivity contribution in [3.8, 4) is 5.75 Å². The summed E-state index contributed by atoms with van der Waals surface area (Å²) in [5.74, 6) is 1.57. The molecule has 94 valence electrons. The fourth-order valence-corrected chi connectivity index (χ4v) is 2.30. The Hall–Kier alpha value is -1.02. The van der Waals surface area contributed by atoms with E-state index in [4.69, 9.17) is 4.74 Å². The van der Waals surface area contributed by atoms with Crippen molar-refractivity contribution in [1.29, 1.82) is 0 Å². The van der Waals surface area contributed by atoms with Crippen molar-refractivity contribution < 1.29 is 4.74 Å². The zero-order chi connectivity index (χ0) is 12.4. The molecule has 0 aromatic heterocycles. The first kappa shape index (κ1) is 12.4. The Labute approximate surface area is 105 Å². The molecule has 0 saturated carbocycles. The quantitative estimate of drug-likeness (QED) is 0.792. The predicted molar refractivity (Wildman–Crippen MR) is 71.8 cm³/mol. The lowest BCUT2D eigenvalue weighted by Gasteiger charge is -2.37. The van der Waals surface area contributed by atoms with Gasteiger partial charge in [-0.25, -0.2) is 0 Å². The molecule has 1 saturated heterocycles. The molecule has 1 atom stereocenters. The van der Waals surface area contributed by atoms with E-state index in [1.165, 1.54) is 24.1 Å². The van der Waals surface area contributed by atoms with Crippen LogP contribution in [-0.2, 0) is 0 Å². The van der Waals surface area contributed by atoms with Crippen molar-refractivity contribution in [1.82, 2.24) is 4.90 Å². The Balaban J connectivity index is 1.98. The fraction of sp³-hybridized carbons (Fsp3) is 0.600. The molecule has 1 aromatic rings. The summed E-state index contributed by atoms with van der Waals surface area (Å²) in [4.78, 5) is 2.34. The molecule has 2 rings (SSSR count). The van der Waals surface area contributed by atoms with E-state index < -0.39 is 0 Å². The molecule has 1 aliphatic heterocycles. The average molecular weight is 233 g/mol. The number of benzene rings is 1. The molecule has 0 amide bonds. The first-order valence-electron chi connectivity index (χ1n) is 6.51. The SMILES string of the molecule is Cc1ccc(OC[C@H]2CCN2C)cc1C(C)C. The van der Waals surface area contributed by atoms with E-state index in [0.29, 0.717) is 12.0 Å². The summed E-state index contributed by atoms with van der Waals surface area (Å²) >= 11 is 0. The summed E-state index contributed by atoms with van der Waals surface area (Å²) in [7, 11) is 2.16. The van der Waals surface area contributed by atoms with Crippen LogP contribution in [-0.4, -0.2) is 31.1 Å². The van der Waals surface area contributed by atoms with Gasteiger partial charge in [0.1, 0.15) is 12.4 Å². The lowest BCUT2D eigenvalue weighted by molar-refractivity contribution is 0.0768. The van der Waals surface area contributed by atoms with Crippen LogP contribution >= 0.6 is 0 Å². The minimum absolute atomic E-state index is 0.560. The van der Waals surface area contributed by atoms with Gasteiger partial charge in [-0.2, -0.15) is 0 Å². The molecular weight excluding hydrogens is 210 g/mol. The van der Waals surface area contributed by atoms with Gasteiger partial charge in [-0.3, -0.25) is 4.90 Å². The van der Waals surface area contributed by atoms with Gasteiger partial charge in [0.15, 0.2) is 0 Å². The molecule has 0 spiro atoms. The number of rotatable bonds is 4. The molecule has 1 fully saturated rings. The van der Waals surface area contributed by atoms with Crippen molar-refractivity contribution in [3.05, 3.63) is 29.3 Å². The second-order valence-corrected chi connectivity index (χ2v) is 5.41.